The lowest BCUT2D eigenvalue weighted by molar-refractivity contribution is -0.113. The van der Waals surface area contributed by atoms with Crippen molar-refractivity contribution in [3.8, 4) is 0 Å². The Bertz CT molecular complexity index is 305. The lowest BCUT2D eigenvalue weighted by Crippen LogP contribution is -2.05. The van der Waals surface area contributed by atoms with Gasteiger partial charge < -0.3 is 5.73 Å². The van der Waals surface area contributed by atoms with E-state index in [0.717, 1.165) is 5.56 Å². The van der Waals surface area contributed by atoms with E-state index in [-0.39, 0.29) is 0 Å². The van der Waals surface area contributed by atoms with Crippen LogP contribution in [0.15, 0.2) is 24.4 Å². The molecule has 0 aromatic carbocycles. The summed E-state index contributed by atoms with van der Waals surface area (Å²) in [5.41, 5.74) is 5.69. The number of aromatic nitrogens is 1. The minimum Gasteiger partial charge on any atom is -0.366 e. The summed E-state index contributed by atoms with van der Waals surface area (Å²) in [6, 6.07) is 3.39. The van der Waals surface area contributed by atoms with Crippen molar-refractivity contribution in [2.24, 2.45) is 5.73 Å². The fourth-order valence-corrected chi connectivity index (χ4v) is 0.776. The van der Waals surface area contributed by atoms with Crippen LogP contribution in [-0.4, -0.2) is 10.9 Å². The second-order valence-corrected chi connectivity index (χ2v) is 2.54. The fraction of sp³-hybridized carbons (Fsp3) is 0. The van der Waals surface area contributed by atoms with E-state index in [4.69, 9.17) is 17.3 Å². The predicted octanol–water partition coefficient (Wildman–Crippen LogP) is 1.23. The highest BCUT2D eigenvalue weighted by Gasteiger charge is 1.89. The van der Waals surface area contributed by atoms with Crippen molar-refractivity contribution in [1.29, 1.82) is 0 Å². The molecule has 0 radical (unpaired) electrons. The molecule has 0 aliphatic carbocycles. The van der Waals surface area contributed by atoms with Crippen LogP contribution in [0.25, 0.3) is 6.08 Å². The number of pyridine rings is 1. The van der Waals surface area contributed by atoms with Gasteiger partial charge in [-0.2, -0.15) is 0 Å². The first-order chi connectivity index (χ1) is 5.68. The first-order valence-electron chi connectivity index (χ1n) is 3.27. The Hall–Kier alpha value is -1.35. The topological polar surface area (TPSA) is 56.0 Å². The summed E-state index contributed by atoms with van der Waals surface area (Å²) in [5.74, 6) is -0.482. The van der Waals surface area contributed by atoms with E-state index in [1.807, 2.05) is 0 Å². The number of primary amides is 1. The van der Waals surface area contributed by atoms with E-state index in [9.17, 15) is 4.79 Å². The minimum atomic E-state index is -0.482. The van der Waals surface area contributed by atoms with Gasteiger partial charge in [-0.25, -0.2) is 4.98 Å². The number of nitrogens with two attached hydrogens (primary N) is 1. The van der Waals surface area contributed by atoms with Crippen LogP contribution in [0, 0.1) is 0 Å². The number of carbonyl (C=O) groups excluding carboxylic acids is 1. The zero-order valence-corrected chi connectivity index (χ0v) is 6.95. The van der Waals surface area contributed by atoms with Crippen molar-refractivity contribution in [3.63, 3.8) is 0 Å². The molecule has 0 aliphatic rings. The molecule has 1 aromatic heterocycles. The molecule has 0 saturated heterocycles. The summed E-state index contributed by atoms with van der Waals surface area (Å²) in [7, 11) is 0. The van der Waals surface area contributed by atoms with Gasteiger partial charge in [-0.15, -0.1) is 0 Å². The van der Waals surface area contributed by atoms with E-state index in [2.05, 4.69) is 4.98 Å². The normalized spacial score (nSPS) is 10.4. The maximum Gasteiger partial charge on any atom is 0.241 e. The van der Waals surface area contributed by atoms with Gasteiger partial charge in [-0.1, -0.05) is 17.7 Å². The lowest BCUT2D eigenvalue weighted by Gasteiger charge is -1.90. The van der Waals surface area contributed by atoms with Gasteiger partial charge in [0.05, 0.1) is 0 Å². The van der Waals surface area contributed by atoms with Crippen LogP contribution >= 0.6 is 11.6 Å². The van der Waals surface area contributed by atoms with Gasteiger partial charge in [0.15, 0.2) is 0 Å². The average molecular weight is 183 g/mol. The highest BCUT2D eigenvalue weighted by Crippen LogP contribution is 2.06. The number of nitrogens with zero attached hydrogens (tertiary/aromatic N) is 1. The lowest BCUT2D eigenvalue weighted by atomic mass is 10.2. The number of halogens is 1. The van der Waals surface area contributed by atoms with E-state index >= 15 is 0 Å². The second kappa shape index (κ2) is 3.88. The molecule has 1 heterocycles. The van der Waals surface area contributed by atoms with Gasteiger partial charge in [0.25, 0.3) is 0 Å². The summed E-state index contributed by atoms with van der Waals surface area (Å²) < 4.78 is 0. The molecular weight excluding hydrogens is 176 g/mol. The molecule has 4 heteroatoms. The molecule has 1 aromatic rings. The maximum atomic E-state index is 10.3. The van der Waals surface area contributed by atoms with Crippen molar-refractivity contribution < 1.29 is 4.79 Å². The third kappa shape index (κ3) is 2.72. The molecule has 0 saturated carbocycles. The standard InChI is InChI=1S/C8H7ClN2O/c9-7-3-1-6(5-11-7)2-4-8(10)12/h1-5H,(H2,10,12). The Morgan fingerprint density at radius 2 is 2.33 bits per heavy atom. The van der Waals surface area contributed by atoms with Gasteiger partial charge in [0, 0.05) is 12.3 Å². The summed E-state index contributed by atoms with van der Waals surface area (Å²) in [6.07, 6.45) is 4.40. The molecule has 2 N–H and O–H groups in total. The summed E-state index contributed by atoms with van der Waals surface area (Å²) in [6.45, 7) is 0. The first kappa shape index (κ1) is 8.74. The minimum absolute atomic E-state index is 0.422. The van der Waals surface area contributed by atoms with E-state index in [1.165, 1.54) is 6.08 Å². The smallest absolute Gasteiger partial charge is 0.241 e. The third-order valence-electron chi connectivity index (χ3n) is 1.19. The molecule has 62 valence electrons. The van der Waals surface area contributed by atoms with Gasteiger partial charge in [0.1, 0.15) is 5.15 Å². The first-order valence-corrected chi connectivity index (χ1v) is 3.65. The van der Waals surface area contributed by atoms with Crippen LogP contribution in [0.2, 0.25) is 5.15 Å². The molecule has 0 bridgehead atoms. The zero-order valence-electron chi connectivity index (χ0n) is 6.20. The van der Waals surface area contributed by atoms with Gasteiger partial charge in [-0.3, -0.25) is 4.79 Å². The van der Waals surface area contributed by atoms with Gasteiger partial charge >= 0.3 is 0 Å². The van der Waals surface area contributed by atoms with Crippen LogP contribution < -0.4 is 5.73 Å². The highest BCUT2D eigenvalue weighted by atomic mass is 35.5. The number of amides is 1. The Kier molecular flexibility index (Phi) is 2.82. The van der Waals surface area contributed by atoms with E-state index in [0.29, 0.717) is 5.15 Å². The monoisotopic (exact) mass is 182 g/mol. The molecule has 0 atom stereocenters. The van der Waals surface area contributed by atoms with E-state index in [1.54, 1.807) is 24.4 Å². The van der Waals surface area contributed by atoms with Crippen LogP contribution in [0.3, 0.4) is 0 Å². The molecule has 0 aliphatic heterocycles. The molecule has 0 fully saturated rings. The largest absolute Gasteiger partial charge is 0.366 e. The zero-order chi connectivity index (χ0) is 8.97. The quantitative estimate of drug-likeness (QED) is 0.553. The number of carbonyl (C=O) groups is 1. The fourth-order valence-electron chi connectivity index (χ4n) is 0.664. The molecule has 3 nitrogen and oxygen atoms in total. The van der Waals surface area contributed by atoms with Crippen LogP contribution in [-0.2, 0) is 4.79 Å². The molecule has 1 rings (SSSR count). The van der Waals surface area contributed by atoms with Crippen LogP contribution in [0.4, 0.5) is 0 Å². The second-order valence-electron chi connectivity index (χ2n) is 2.15. The van der Waals surface area contributed by atoms with Crippen molar-refractivity contribution in [3.05, 3.63) is 35.1 Å². The number of hydrogen-bond acceptors (Lipinski definition) is 2. The molecule has 12 heavy (non-hydrogen) atoms. The molecule has 1 amide bonds. The highest BCUT2D eigenvalue weighted by molar-refractivity contribution is 6.29. The van der Waals surface area contributed by atoms with Crippen LogP contribution in [0.1, 0.15) is 5.56 Å². The molecular formula is C8H7ClN2O. The molecule has 0 spiro atoms. The van der Waals surface area contributed by atoms with Crippen molar-refractivity contribution in [2.45, 2.75) is 0 Å². The van der Waals surface area contributed by atoms with Crippen LogP contribution in [0.5, 0.6) is 0 Å². The Balaban J connectivity index is 2.77. The van der Waals surface area contributed by atoms with Gasteiger partial charge in [-0.05, 0) is 17.7 Å². The van der Waals surface area contributed by atoms with Crippen molar-refractivity contribution in [1.82, 2.24) is 4.98 Å². The van der Waals surface area contributed by atoms with E-state index < -0.39 is 5.91 Å². The Labute approximate surface area is 74.9 Å². The third-order valence-corrected chi connectivity index (χ3v) is 1.41. The summed E-state index contributed by atoms with van der Waals surface area (Å²) in [4.78, 5) is 14.1. The summed E-state index contributed by atoms with van der Waals surface area (Å²) in [5, 5.41) is 0.422. The van der Waals surface area contributed by atoms with Crippen molar-refractivity contribution in [2.75, 3.05) is 0 Å². The number of rotatable bonds is 2. The number of hydrogen-bond donors (Lipinski definition) is 1. The van der Waals surface area contributed by atoms with Crippen molar-refractivity contribution >= 4 is 23.6 Å². The Morgan fingerprint density at radius 3 is 2.83 bits per heavy atom. The maximum absolute atomic E-state index is 10.3. The summed E-state index contributed by atoms with van der Waals surface area (Å²) >= 11 is 5.55. The molecule has 0 unspecified atom stereocenters. The SMILES string of the molecule is NC(=O)C=Cc1ccc(Cl)nc1. The average Bonchev–Trinajstić information content (AvgIpc) is 2.03. The Morgan fingerprint density at radius 1 is 1.58 bits per heavy atom. The predicted molar refractivity (Wildman–Crippen MR) is 47.5 cm³/mol. The van der Waals surface area contributed by atoms with Gasteiger partial charge in [0.2, 0.25) is 5.91 Å².